The minimum Gasteiger partial charge on any atom is -0.394 e. The van der Waals surface area contributed by atoms with Crippen LogP contribution < -0.4 is 0 Å². The van der Waals surface area contributed by atoms with Gasteiger partial charge in [0.05, 0.1) is 18.5 Å². The molecule has 1 unspecified atom stereocenters. The van der Waals surface area contributed by atoms with Gasteiger partial charge in [-0.3, -0.25) is 0 Å². The molecule has 62 valence electrons. The van der Waals surface area contributed by atoms with Gasteiger partial charge in [0.2, 0.25) is 9.05 Å². The summed E-state index contributed by atoms with van der Waals surface area (Å²) in [5.41, 5.74) is 0. The molecule has 0 heterocycles. The second kappa shape index (κ2) is 4.12. The maximum atomic E-state index is 10.2. The van der Waals surface area contributed by atoms with Crippen molar-refractivity contribution in [1.29, 1.82) is 0 Å². The van der Waals surface area contributed by atoms with Crippen molar-refractivity contribution in [3.8, 4) is 0 Å². The topological polar surface area (TPSA) is 74.6 Å². The first-order chi connectivity index (χ1) is 4.45. The summed E-state index contributed by atoms with van der Waals surface area (Å²) in [6.07, 6.45) is -1.02. The summed E-state index contributed by atoms with van der Waals surface area (Å²) in [7, 11) is 1.29. The normalized spacial score (nSPS) is 15.1. The van der Waals surface area contributed by atoms with E-state index in [-0.39, 0.29) is 12.2 Å². The minimum absolute atomic E-state index is 0.0255. The first kappa shape index (κ1) is 10.2. The van der Waals surface area contributed by atoms with Crippen LogP contribution in [0.5, 0.6) is 0 Å². The molecule has 0 saturated heterocycles. The van der Waals surface area contributed by atoms with Gasteiger partial charge < -0.3 is 10.2 Å². The van der Waals surface area contributed by atoms with E-state index in [1.165, 1.54) is 0 Å². The third-order valence-corrected chi connectivity index (χ3v) is 2.09. The summed E-state index contributed by atoms with van der Waals surface area (Å²) < 4.78 is 20.4. The summed E-state index contributed by atoms with van der Waals surface area (Å²) in [4.78, 5) is 0. The molecule has 1 atom stereocenters. The molecule has 0 aliphatic carbocycles. The van der Waals surface area contributed by atoms with Crippen molar-refractivity contribution in [1.82, 2.24) is 0 Å². The number of aliphatic hydroxyl groups excluding tert-OH is 2. The molecular weight excluding hydrogens is 180 g/mol. The third kappa shape index (κ3) is 6.28. The van der Waals surface area contributed by atoms with Crippen LogP contribution in [0.25, 0.3) is 0 Å². The molecule has 0 aromatic heterocycles. The Morgan fingerprint density at radius 3 is 2.30 bits per heavy atom. The highest BCUT2D eigenvalue weighted by atomic mass is 35.7. The van der Waals surface area contributed by atoms with Crippen molar-refractivity contribution in [2.75, 3.05) is 12.4 Å². The van der Waals surface area contributed by atoms with E-state index in [2.05, 4.69) is 0 Å². The van der Waals surface area contributed by atoms with E-state index in [4.69, 9.17) is 20.9 Å². The highest BCUT2D eigenvalue weighted by Crippen LogP contribution is 2.01. The Morgan fingerprint density at radius 2 is 2.00 bits per heavy atom. The van der Waals surface area contributed by atoms with Gasteiger partial charge in [-0.15, -0.1) is 0 Å². The monoisotopic (exact) mass is 188 g/mol. The van der Waals surface area contributed by atoms with E-state index in [0.29, 0.717) is 0 Å². The van der Waals surface area contributed by atoms with Crippen molar-refractivity contribution in [2.45, 2.75) is 12.5 Å². The number of halogens is 1. The maximum Gasteiger partial charge on any atom is 0.232 e. The van der Waals surface area contributed by atoms with Crippen LogP contribution in [0, 0.1) is 0 Å². The molecule has 4 nitrogen and oxygen atoms in total. The number of aliphatic hydroxyl groups is 2. The standard InChI is InChI=1S/C4H9ClO4S/c5-10(8,9)2-1-4(7)3-6/h4,6-7H,1-3H2. The SMILES string of the molecule is O=S(=O)(Cl)CCC(O)CO. The average Bonchev–Trinajstić information content (AvgIpc) is 1.81. The Kier molecular flexibility index (Phi) is 4.19. The van der Waals surface area contributed by atoms with Gasteiger partial charge in [0, 0.05) is 10.7 Å². The van der Waals surface area contributed by atoms with Gasteiger partial charge in [-0.25, -0.2) is 8.42 Å². The highest BCUT2D eigenvalue weighted by Gasteiger charge is 2.09. The van der Waals surface area contributed by atoms with E-state index in [1.807, 2.05) is 0 Å². The maximum absolute atomic E-state index is 10.2. The number of hydrogen-bond donors (Lipinski definition) is 2. The lowest BCUT2D eigenvalue weighted by atomic mass is 10.3. The van der Waals surface area contributed by atoms with Crippen LogP contribution in [0.15, 0.2) is 0 Å². The molecule has 0 spiro atoms. The molecular formula is C4H9ClO4S. The first-order valence-electron chi connectivity index (χ1n) is 2.67. The molecule has 0 amide bonds. The van der Waals surface area contributed by atoms with Crippen LogP contribution in [0.3, 0.4) is 0 Å². The Balaban J connectivity index is 3.56. The fourth-order valence-corrected chi connectivity index (χ4v) is 1.19. The van der Waals surface area contributed by atoms with E-state index in [9.17, 15) is 8.42 Å². The van der Waals surface area contributed by atoms with Crippen molar-refractivity contribution in [2.24, 2.45) is 0 Å². The lowest BCUT2D eigenvalue weighted by Crippen LogP contribution is -2.15. The fraction of sp³-hybridized carbons (Fsp3) is 1.00. The molecule has 2 N–H and O–H groups in total. The molecule has 0 aromatic carbocycles. The minimum atomic E-state index is -3.53. The van der Waals surface area contributed by atoms with E-state index < -0.39 is 21.8 Å². The van der Waals surface area contributed by atoms with Gasteiger partial charge in [-0.2, -0.15) is 0 Å². The summed E-state index contributed by atoms with van der Waals surface area (Å²) in [5, 5.41) is 16.9. The van der Waals surface area contributed by atoms with Crippen LogP contribution in [0.2, 0.25) is 0 Å². The second-order valence-electron chi connectivity index (χ2n) is 1.87. The molecule has 6 heteroatoms. The summed E-state index contributed by atoms with van der Waals surface area (Å²) in [6.45, 7) is -0.438. The number of hydrogen-bond acceptors (Lipinski definition) is 4. The van der Waals surface area contributed by atoms with Crippen molar-refractivity contribution >= 4 is 19.7 Å². The third-order valence-electron chi connectivity index (χ3n) is 0.906. The Morgan fingerprint density at radius 1 is 1.50 bits per heavy atom. The largest absolute Gasteiger partial charge is 0.394 e. The highest BCUT2D eigenvalue weighted by molar-refractivity contribution is 8.13. The van der Waals surface area contributed by atoms with Crippen LogP contribution in [0.1, 0.15) is 6.42 Å². The van der Waals surface area contributed by atoms with Gasteiger partial charge in [0.15, 0.2) is 0 Å². The van der Waals surface area contributed by atoms with Crippen LogP contribution in [-0.4, -0.2) is 37.1 Å². The van der Waals surface area contributed by atoms with E-state index in [1.54, 1.807) is 0 Å². The molecule has 0 rings (SSSR count). The summed E-state index contributed by atoms with van der Waals surface area (Å²) in [5.74, 6) is -0.309. The molecule has 0 aliphatic heterocycles. The molecule has 0 bridgehead atoms. The van der Waals surface area contributed by atoms with E-state index in [0.717, 1.165) is 0 Å². The Labute approximate surface area is 63.9 Å². The zero-order valence-electron chi connectivity index (χ0n) is 5.20. The predicted octanol–water partition coefficient (Wildman–Crippen LogP) is -0.702. The molecule has 0 aromatic rings. The average molecular weight is 189 g/mol. The lowest BCUT2D eigenvalue weighted by Gasteiger charge is -2.02. The lowest BCUT2D eigenvalue weighted by molar-refractivity contribution is 0.0929. The quantitative estimate of drug-likeness (QED) is 0.572. The summed E-state index contributed by atoms with van der Waals surface area (Å²) in [6, 6.07) is 0. The van der Waals surface area contributed by atoms with Gasteiger partial charge in [0.25, 0.3) is 0 Å². The summed E-state index contributed by atoms with van der Waals surface area (Å²) >= 11 is 0. The number of rotatable bonds is 4. The van der Waals surface area contributed by atoms with Crippen LogP contribution >= 0.6 is 10.7 Å². The van der Waals surface area contributed by atoms with Gasteiger partial charge >= 0.3 is 0 Å². The predicted molar refractivity (Wildman–Crippen MR) is 37.3 cm³/mol. The van der Waals surface area contributed by atoms with Crippen molar-refractivity contribution in [3.63, 3.8) is 0 Å². The molecule has 10 heavy (non-hydrogen) atoms. The Bertz CT molecular complexity index is 176. The smallest absolute Gasteiger partial charge is 0.232 e. The van der Waals surface area contributed by atoms with Crippen LogP contribution in [0.4, 0.5) is 0 Å². The van der Waals surface area contributed by atoms with Crippen molar-refractivity contribution in [3.05, 3.63) is 0 Å². The molecule has 0 aliphatic rings. The van der Waals surface area contributed by atoms with Gasteiger partial charge in [0.1, 0.15) is 0 Å². The zero-order chi connectivity index (χ0) is 8.20. The molecule has 0 fully saturated rings. The van der Waals surface area contributed by atoms with Crippen molar-refractivity contribution < 1.29 is 18.6 Å². The molecule has 0 saturated carbocycles. The second-order valence-corrected chi connectivity index (χ2v) is 4.76. The van der Waals surface area contributed by atoms with Crippen LogP contribution in [-0.2, 0) is 9.05 Å². The Hall–Kier alpha value is 0.160. The molecule has 0 radical (unpaired) electrons. The van der Waals surface area contributed by atoms with Gasteiger partial charge in [-0.1, -0.05) is 0 Å². The first-order valence-corrected chi connectivity index (χ1v) is 5.15. The fourth-order valence-electron chi connectivity index (χ4n) is 0.368. The zero-order valence-corrected chi connectivity index (χ0v) is 6.77. The van der Waals surface area contributed by atoms with Gasteiger partial charge in [-0.05, 0) is 6.42 Å². The van der Waals surface area contributed by atoms with E-state index >= 15 is 0 Å².